The Hall–Kier alpha value is -1.16. The second-order valence-electron chi connectivity index (χ2n) is 7.22. The second-order valence-corrected chi connectivity index (χ2v) is 12.0. The van der Waals surface area contributed by atoms with Gasteiger partial charge < -0.3 is 9.53 Å². The lowest BCUT2D eigenvalue weighted by molar-refractivity contribution is 0.276. The summed E-state index contributed by atoms with van der Waals surface area (Å²) in [6.07, 6.45) is 0. The lowest BCUT2D eigenvalue weighted by Crippen LogP contribution is -2.40. The molecule has 0 aliphatic heterocycles. The third kappa shape index (κ3) is 3.73. The standard InChI is InChI=1S/C18H26O2Si/c1-18(2,3)21(4,5)20-13-15-7-9-16-8-6-14(12-19)10-17(16)11-15/h6-11,19H,12-13H2,1-5H3. The third-order valence-electron chi connectivity index (χ3n) is 4.56. The van der Waals surface area contributed by atoms with E-state index in [0.717, 1.165) is 10.9 Å². The largest absolute Gasteiger partial charge is 0.413 e. The molecule has 1 N–H and O–H groups in total. The summed E-state index contributed by atoms with van der Waals surface area (Å²) in [5, 5.41) is 11.8. The molecule has 0 saturated carbocycles. The molecule has 2 aromatic rings. The summed E-state index contributed by atoms with van der Waals surface area (Å²) in [7, 11) is -1.71. The fourth-order valence-corrected chi connectivity index (χ4v) is 2.97. The van der Waals surface area contributed by atoms with Crippen molar-refractivity contribution in [3.05, 3.63) is 47.5 Å². The quantitative estimate of drug-likeness (QED) is 0.818. The summed E-state index contributed by atoms with van der Waals surface area (Å²) in [5.41, 5.74) is 2.15. The summed E-state index contributed by atoms with van der Waals surface area (Å²) >= 11 is 0. The summed E-state index contributed by atoms with van der Waals surface area (Å²) in [4.78, 5) is 0. The first-order chi connectivity index (χ1) is 9.73. The van der Waals surface area contributed by atoms with Gasteiger partial charge in [0.25, 0.3) is 0 Å². The van der Waals surface area contributed by atoms with Crippen molar-refractivity contribution in [1.82, 2.24) is 0 Å². The zero-order valence-electron chi connectivity index (χ0n) is 13.7. The van der Waals surface area contributed by atoms with Gasteiger partial charge in [-0.15, -0.1) is 0 Å². The molecule has 0 aliphatic carbocycles. The van der Waals surface area contributed by atoms with Crippen molar-refractivity contribution in [2.75, 3.05) is 0 Å². The summed E-state index contributed by atoms with van der Waals surface area (Å²) in [6, 6.07) is 12.5. The van der Waals surface area contributed by atoms with Gasteiger partial charge in [0, 0.05) is 0 Å². The zero-order chi connectivity index (χ0) is 15.7. The van der Waals surface area contributed by atoms with Crippen LogP contribution in [0.3, 0.4) is 0 Å². The summed E-state index contributed by atoms with van der Waals surface area (Å²) in [5.74, 6) is 0. The smallest absolute Gasteiger partial charge is 0.192 e. The molecule has 0 unspecified atom stereocenters. The Kier molecular flexibility index (Phi) is 4.56. The van der Waals surface area contributed by atoms with Gasteiger partial charge in [0.1, 0.15) is 0 Å². The maximum Gasteiger partial charge on any atom is 0.192 e. The molecule has 3 heteroatoms. The first-order valence-corrected chi connectivity index (χ1v) is 10.4. The van der Waals surface area contributed by atoms with Crippen molar-refractivity contribution >= 4 is 19.1 Å². The van der Waals surface area contributed by atoms with E-state index in [0.29, 0.717) is 6.61 Å². The third-order valence-corrected chi connectivity index (χ3v) is 9.04. The minimum absolute atomic E-state index is 0.0840. The van der Waals surface area contributed by atoms with E-state index in [1.807, 2.05) is 12.1 Å². The van der Waals surface area contributed by atoms with Gasteiger partial charge in [-0.1, -0.05) is 45.0 Å². The van der Waals surface area contributed by atoms with Crippen LogP contribution >= 0.6 is 0 Å². The minimum Gasteiger partial charge on any atom is -0.413 e. The highest BCUT2D eigenvalue weighted by Crippen LogP contribution is 2.37. The van der Waals surface area contributed by atoms with Gasteiger partial charge in [-0.3, -0.25) is 0 Å². The second kappa shape index (κ2) is 5.91. The van der Waals surface area contributed by atoms with Gasteiger partial charge in [-0.05, 0) is 52.2 Å². The zero-order valence-corrected chi connectivity index (χ0v) is 14.7. The first kappa shape index (κ1) is 16.2. The molecule has 114 valence electrons. The lowest BCUT2D eigenvalue weighted by atomic mass is 10.0. The van der Waals surface area contributed by atoms with Crippen LogP contribution in [0.15, 0.2) is 36.4 Å². The number of aliphatic hydroxyl groups is 1. The fraction of sp³-hybridized carbons (Fsp3) is 0.444. The van der Waals surface area contributed by atoms with Gasteiger partial charge in [-0.2, -0.15) is 0 Å². The van der Waals surface area contributed by atoms with Gasteiger partial charge in [0.2, 0.25) is 0 Å². The van der Waals surface area contributed by atoms with Crippen LogP contribution in [0.4, 0.5) is 0 Å². The van der Waals surface area contributed by atoms with E-state index in [2.05, 4.69) is 58.1 Å². The predicted molar refractivity (Wildman–Crippen MR) is 91.9 cm³/mol. The summed E-state index contributed by atoms with van der Waals surface area (Å²) < 4.78 is 6.27. The molecule has 2 nitrogen and oxygen atoms in total. The van der Waals surface area contributed by atoms with Crippen molar-refractivity contribution in [1.29, 1.82) is 0 Å². The minimum atomic E-state index is -1.71. The normalized spacial score (nSPS) is 12.9. The Labute approximate surface area is 128 Å². The molecule has 0 aromatic heterocycles. The highest BCUT2D eigenvalue weighted by atomic mass is 28.4. The molecule has 0 heterocycles. The summed E-state index contributed by atoms with van der Waals surface area (Å²) in [6.45, 7) is 12.1. The molecular weight excluding hydrogens is 276 g/mol. The van der Waals surface area contributed by atoms with Crippen molar-refractivity contribution < 1.29 is 9.53 Å². The lowest BCUT2D eigenvalue weighted by Gasteiger charge is -2.36. The van der Waals surface area contributed by atoms with Crippen LogP contribution in [-0.4, -0.2) is 13.4 Å². The molecule has 0 radical (unpaired) electrons. The number of hydrogen-bond acceptors (Lipinski definition) is 2. The maximum absolute atomic E-state index is 9.25. The number of rotatable bonds is 4. The monoisotopic (exact) mass is 302 g/mol. The Morgan fingerprint density at radius 2 is 1.52 bits per heavy atom. The van der Waals surface area contributed by atoms with E-state index >= 15 is 0 Å². The van der Waals surface area contributed by atoms with Gasteiger partial charge in [0.15, 0.2) is 8.32 Å². The van der Waals surface area contributed by atoms with Crippen molar-refractivity contribution in [3.63, 3.8) is 0 Å². The van der Waals surface area contributed by atoms with Gasteiger partial charge in [-0.25, -0.2) is 0 Å². The Morgan fingerprint density at radius 3 is 2.10 bits per heavy atom. The molecular formula is C18H26O2Si. The van der Waals surface area contributed by atoms with E-state index in [1.165, 1.54) is 10.9 Å². The van der Waals surface area contributed by atoms with Crippen molar-refractivity contribution in [3.8, 4) is 0 Å². The van der Waals surface area contributed by atoms with E-state index in [-0.39, 0.29) is 11.6 Å². The van der Waals surface area contributed by atoms with E-state index < -0.39 is 8.32 Å². The van der Waals surface area contributed by atoms with E-state index in [9.17, 15) is 5.11 Å². The fourth-order valence-electron chi connectivity index (χ4n) is 2.01. The van der Waals surface area contributed by atoms with Crippen LogP contribution in [-0.2, 0) is 17.6 Å². The average Bonchev–Trinajstić information content (AvgIpc) is 2.43. The molecule has 2 aromatic carbocycles. The Morgan fingerprint density at radius 1 is 0.952 bits per heavy atom. The molecule has 0 saturated heterocycles. The van der Waals surface area contributed by atoms with Crippen LogP contribution in [0.25, 0.3) is 10.8 Å². The number of aliphatic hydroxyl groups excluding tert-OH is 1. The highest BCUT2D eigenvalue weighted by molar-refractivity contribution is 6.74. The van der Waals surface area contributed by atoms with Crippen LogP contribution in [0.2, 0.25) is 18.1 Å². The van der Waals surface area contributed by atoms with Crippen LogP contribution in [0.1, 0.15) is 31.9 Å². The molecule has 0 fully saturated rings. The van der Waals surface area contributed by atoms with Crippen molar-refractivity contribution in [2.45, 2.75) is 52.1 Å². The highest BCUT2D eigenvalue weighted by Gasteiger charge is 2.36. The molecule has 0 aliphatic rings. The Bertz CT molecular complexity index is 627. The molecule has 0 bridgehead atoms. The van der Waals surface area contributed by atoms with Gasteiger partial charge >= 0.3 is 0 Å². The maximum atomic E-state index is 9.25. The van der Waals surface area contributed by atoms with Crippen LogP contribution in [0, 0.1) is 0 Å². The molecule has 0 amide bonds. The van der Waals surface area contributed by atoms with Crippen molar-refractivity contribution in [2.24, 2.45) is 0 Å². The predicted octanol–water partition coefficient (Wildman–Crippen LogP) is 4.85. The SMILES string of the molecule is CC(C)(C)[Si](C)(C)OCc1ccc2ccc(CO)cc2c1. The van der Waals surface area contributed by atoms with Crippen LogP contribution in [0.5, 0.6) is 0 Å². The molecule has 21 heavy (non-hydrogen) atoms. The Balaban J connectivity index is 2.19. The molecule has 2 rings (SSSR count). The topological polar surface area (TPSA) is 29.5 Å². The van der Waals surface area contributed by atoms with E-state index in [1.54, 1.807) is 0 Å². The number of hydrogen-bond donors (Lipinski definition) is 1. The van der Waals surface area contributed by atoms with E-state index in [4.69, 9.17) is 4.43 Å². The molecule has 0 atom stereocenters. The number of fused-ring (bicyclic) bond motifs is 1. The first-order valence-electron chi connectivity index (χ1n) is 7.49. The average molecular weight is 302 g/mol. The van der Waals surface area contributed by atoms with Gasteiger partial charge in [0.05, 0.1) is 13.2 Å². The number of benzene rings is 2. The molecule has 0 spiro atoms. The van der Waals surface area contributed by atoms with Crippen LogP contribution < -0.4 is 0 Å².